The summed E-state index contributed by atoms with van der Waals surface area (Å²) in [6.45, 7) is 0.289. The largest absolute Gasteiger partial charge is 0.487 e. The first kappa shape index (κ1) is 19.4. The van der Waals surface area contributed by atoms with E-state index in [1.165, 1.54) is 0 Å². The van der Waals surface area contributed by atoms with Crippen molar-refractivity contribution in [3.8, 4) is 5.75 Å². The number of ether oxygens (including phenoxy) is 1. The minimum absolute atomic E-state index is 0.145. The molecule has 9 heteroatoms. The summed E-state index contributed by atoms with van der Waals surface area (Å²) in [6.07, 6.45) is 0.518. The van der Waals surface area contributed by atoms with Crippen molar-refractivity contribution in [2.24, 2.45) is 0 Å². The predicted octanol–water partition coefficient (Wildman–Crippen LogP) is 4.50. The summed E-state index contributed by atoms with van der Waals surface area (Å²) < 4.78 is 59.0. The van der Waals surface area contributed by atoms with Crippen molar-refractivity contribution in [1.82, 2.24) is 4.31 Å². The Labute approximate surface area is 160 Å². The fourth-order valence-corrected chi connectivity index (χ4v) is 4.78. The number of halogens is 4. The van der Waals surface area contributed by atoms with Crippen LogP contribution in [0, 0.1) is 11.6 Å². The highest BCUT2D eigenvalue weighted by Gasteiger charge is 2.32. The first-order valence-electron chi connectivity index (χ1n) is 7.85. The van der Waals surface area contributed by atoms with Gasteiger partial charge in [0.2, 0.25) is 10.0 Å². The number of hydrogen-bond donors (Lipinski definition) is 0. The summed E-state index contributed by atoms with van der Waals surface area (Å²) >= 11 is 12.1. The third-order valence-corrected chi connectivity index (χ3v) is 6.64. The van der Waals surface area contributed by atoms with Crippen molar-refractivity contribution in [3.63, 3.8) is 0 Å². The molecule has 2 aromatic rings. The highest BCUT2D eigenvalue weighted by Crippen LogP contribution is 2.35. The molecular formula is C17H15Cl2F2NO3S. The van der Waals surface area contributed by atoms with Crippen LogP contribution in [0.15, 0.2) is 41.3 Å². The second-order valence-corrected chi connectivity index (χ2v) is 8.57. The van der Waals surface area contributed by atoms with Gasteiger partial charge >= 0.3 is 0 Å². The first-order valence-corrected chi connectivity index (χ1v) is 10.0. The fourth-order valence-electron chi connectivity index (χ4n) is 2.78. The molecule has 0 spiro atoms. The minimum atomic E-state index is -4.04. The lowest BCUT2D eigenvalue weighted by atomic mass is 10.1. The van der Waals surface area contributed by atoms with Gasteiger partial charge in [0.1, 0.15) is 22.6 Å². The van der Waals surface area contributed by atoms with Crippen molar-refractivity contribution in [2.75, 3.05) is 13.1 Å². The molecule has 0 amide bonds. The highest BCUT2D eigenvalue weighted by atomic mass is 35.5. The molecule has 0 aromatic heterocycles. The summed E-state index contributed by atoms with van der Waals surface area (Å²) in [5.74, 6) is -1.57. The Bertz CT molecular complexity index is 896. The number of sulfonamides is 1. The summed E-state index contributed by atoms with van der Waals surface area (Å²) in [5, 5.41) is 0.752. The lowest BCUT2D eigenvalue weighted by Crippen LogP contribution is -2.42. The van der Waals surface area contributed by atoms with Crippen molar-refractivity contribution in [3.05, 3.63) is 58.1 Å². The van der Waals surface area contributed by atoms with E-state index in [1.54, 1.807) is 18.2 Å². The third kappa shape index (κ3) is 3.96. The second-order valence-electron chi connectivity index (χ2n) is 5.85. The van der Waals surface area contributed by atoms with Gasteiger partial charge in [0.15, 0.2) is 5.75 Å². The number of rotatable bonds is 4. The Morgan fingerprint density at radius 3 is 2.23 bits per heavy atom. The van der Waals surface area contributed by atoms with Crippen LogP contribution >= 0.6 is 23.2 Å². The molecular weight excluding hydrogens is 407 g/mol. The van der Waals surface area contributed by atoms with Crippen LogP contribution in [0.5, 0.6) is 5.75 Å². The maximum Gasteiger partial charge on any atom is 0.245 e. The minimum Gasteiger partial charge on any atom is -0.487 e. The number of hydrogen-bond acceptors (Lipinski definition) is 3. The van der Waals surface area contributed by atoms with E-state index in [2.05, 4.69) is 0 Å². The van der Waals surface area contributed by atoms with Gasteiger partial charge < -0.3 is 4.74 Å². The first-order chi connectivity index (χ1) is 12.3. The van der Waals surface area contributed by atoms with Crippen LogP contribution in [0.3, 0.4) is 0 Å². The van der Waals surface area contributed by atoms with Gasteiger partial charge in [-0.15, -0.1) is 0 Å². The highest BCUT2D eigenvalue weighted by molar-refractivity contribution is 7.89. The van der Waals surface area contributed by atoms with E-state index in [0.29, 0.717) is 34.7 Å². The monoisotopic (exact) mass is 421 g/mol. The fraction of sp³-hybridized carbons (Fsp3) is 0.294. The van der Waals surface area contributed by atoms with Gasteiger partial charge in [-0.25, -0.2) is 17.2 Å². The van der Waals surface area contributed by atoms with Crippen LogP contribution in [0.1, 0.15) is 12.8 Å². The second kappa shape index (κ2) is 7.68. The van der Waals surface area contributed by atoms with Gasteiger partial charge in [-0.05, 0) is 37.1 Å². The van der Waals surface area contributed by atoms with E-state index in [0.717, 1.165) is 16.4 Å². The molecule has 1 aliphatic rings. The van der Waals surface area contributed by atoms with E-state index < -0.39 is 26.6 Å². The molecule has 1 heterocycles. The van der Waals surface area contributed by atoms with Gasteiger partial charge in [0.05, 0.1) is 10.0 Å². The van der Waals surface area contributed by atoms with E-state index >= 15 is 0 Å². The van der Waals surface area contributed by atoms with Gasteiger partial charge in [-0.2, -0.15) is 4.31 Å². The zero-order valence-electron chi connectivity index (χ0n) is 13.5. The Morgan fingerprint density at radius 1 is 1.04 bits per heavy atom. The van der Waals surface area contributed by atoms with E-state index in [9.17, 15) is 17.2 Å². The molecule has 1 aliphatic heterocycles. The normalized spacial score (nSPS) is 16.6. The maximum atomic E-state index is 13.9. The summed E-state index contributed by atoms with van der Waals surface area (Å²) in [4.78, 5) is -0.535. The van der Waals surface area contributed by atoms with E-state index in [4.69, 9.17) is 27.9 Å². The van der Waals surface area contributed by atoms with Gasteiger partial charge in [0, 0.05) is 19.2 Å². The van der Waals surface area contributed by atoms with E-state index in [1.807, 2.05) is 0 Å². The summed E-state index contributed by atoms with van der Waals surface area (Å²) in [7, 11) is -4.04. The van der Waals surface area contributed by atoms with Gasteiger partial charge in [-0.1, -0.05) is 29.3 Å². The van der Waals surface area contributed by atoms with Gasteiger partial charge in [-0.3, -0.25) is 0 Å². The van der Waals surface area contributed by atoms with Crippen LogP contribution in [0.2, 0.25) is 10.0 Å². The quantitative estimate of drug-likeness (QED) is 0.729. The Kier molecular flexibility index (Phi) is 5.72. The van der Waals surface area contributed by atoms with Crippen molar-refractivity contribution < 1.29 is 21.9 Å². The molecule has 0 bridgehead atoms. The zero-order valence-corrected chi connectivity index (χ0v) is 15.8. The molecule has 0 radical (unpaired) electrons. The topological polar surface area (TPSA) is 46.6 Å². The number of piperidine rings is 1. The van der Waals surface area contributed by atoms with Crippen LogP contribution in [0.4, 0.5) is 8.78 Å². The van der Waals surface area contributed by atoms with Crippen LogP contribution < -0.4 is 4.74 Å². The molecule has 0 saturated carbocycles. The van der Waals surface area contributed by atoms with E-state index in [-0.39, 0.29) is 19.2 Å². The smallest absolute Gasteiger partial charge is 0.245 e. The number of nitrogens with zero attached hydrogens (tertiary/aromatic N) is 1. The lowest BCUT2D eigenvalue weighted by molar-refractivity contribution is 0.135. The van der Waals surface area contributed by atoms with Crippen molar-refractivity contribution in [1.29, 1.82) is 0 Å². The number of benzene rings is 2. The average Bonchev–Trinajstić information content (AvgIpc) is 2.58. The molecule has 1 fully saturated rings. The van der Waals surface area contributed by atoms with Crippen LogP contribution in [-0.4, -0.2) is 31.9 Å². The Balaban J connectivity index is 1.70. The average molecular weight is 422 g/mol. The molecule has 1 saturated heterocycles. The summed E-state index contributed by atoms with van der Waals surface area (Å²) in [6, 6.07) is 7.42. The maximum absolute atomic E-state index is 13.9. The molecule has 2 aromatic carbocycles. The molecule has 0 aliphatic carbocycles. The van der Waals surface area contributed by atoms with Crippen molar-refractivity contribution in [2.45, 2.75) is 23.8 Å². The van der Waals surface area contributed by atoms with Crippen LogP contribution in [-0.2, 0) is 10.0 Å². The standard InChI is InChI=1S/C17H15Cl2F2NO3S/c18-13-2-1-3-14(19)17(13)25-12-6-8-22(9-7-12)26(23,24)16-5-4-11(20)10-15(16)21/h1-5,10,12H,6-9H2. The molecule has 0 atom stereocenters. The van der Waals surface area contributed by atoms with Crippen molar-refractivity contribution >= 4 is 33.2 Å². The summed E-state index contributed by atoms with van der Waals surface area (Å²) in [5.41, 5.74) is 0. The molecule has 3 rings (SSSR count). The lowest BCUT2D eigenvalue weighted by Gasteiger charge is -2.31. The number of para-hydroxylation sites is 1. The predicted molar refractivity (Wildman–Crippen MR) is 95.2 cm³/mol. The molecule has 4 nitrogen and oxygen atoms in total. The molecule has 0 unspecified atom stereocenters. The Morgan fingerprint density at radius 2 is 1.65 bits per heavy atom. The molecule has 0 N–H and O–H groups in total. The zero-order chi connectivity index (χ0) is 18.9. The third-order valence-electron chi connectivity index (χ3n) is 4.12. The SMILES string of the molecule is O=S(=O)(c1ccc(F)cc1F)N1CCC(Oc2c(Cl)cccc2Cl)CC1. The van der Waals surface area contributed by atoms with Gasteiger partial charge in [0.25, 0.3) is 0 Å². The molecule has 26 heavy (non-hydrogen) atoms. The van der Waals surface area contributed by atoms with Crippen LogP contribution in [0.25, 0.3) is 0 Å². The Hall–Kier alpha value is -1.41. The molecule has 140 valence electrons.